The molecule has 13 heavy (non-hydrogen) atoms. The van der Waals surface area contributed by atoms with Gasteiger partial charge in [0.25, 0.3) is 0 Å². The highest BCUT2D eigenvalue weighted by molar-refractivity contribution is 7.92. The van der Waals surface area contributed by atoms with Crippen LogP contribution in [0.4, 0.5) is 0 Å². The van der Waals surface area contributed by atoms with Crippen LogP contribution in [0.5, 0.6) is 0 Å². The summed E-state index contributed by atoms with van der Waals surface area (Å²) in [7, 11) is -2.59. The van der Waals surface area contributed by atoms with Crippen LogP contribution in [0, 0.1) is 4.78 Å². The van der Waals surface area contributed by atoms with Gasteiger partial charge in [0.2, 0.25) is 0 Å². The molecule has 70 valence electrons. The average Bonchev–Trinajstić information content (AvgIpc) is 2.16. The predicted octanol–water partition coefficient (Wildman–Crippen LogP) is 2.67. The maximum Gasteiger partial charge on any atom is 0.0729 e. The van der Waals surface area contributed by atoms with Gasteiger partial charge in [-0.3, -0.25) is 0 Å². The number of rotatable bonds is 4. The molecule has 1 aromatic rings. The Bertz CT molecular complexity index is 367. The third-order valence-corrected chi connectivity index (χ3v) is 3.58. The van der Waals surface area contributed by atoms with Crippen LogP contribution in [-0.4, -0.2) is 9.96 Å². The van der Waals surface area contributed by atoms with E-state index in [0.29, 0.717) is 17.1 Å². The van der Waals surface area contributed by atoms with Crippen LogP contribution in [-0.2, 0) is 9.73 Å². The molecule has 0 heterocycles. The molecule has 0 saturated heterocycles. The van der Waals surface area contributed by atoms with Crippen molar-refractivity contribution in [1.82, 2.24) is 0 Å². The molecule has 0 amide bonds. The summed E-state index contributed by atoms with van der Waals surface area (Å²) >= 11 is 0. The van der Waals surface area contributed by atoms with Crippen LogP contribution in [0.2, 0.25) is 0 Å². The first kappa shape index (κ1) is 9.99. The summed E-state index contributed by atoms with van der Waals surface area (Å²) in [5, 5.41) is 0. The van der Waals surface area contributed by atoms with Gasteiger partial charge in [-0.1, -0.05) is 24.3 Å². The molecular weight excluding hydrogens is 182 g/mol. The van der Waals surface area contributed by atoms with Crippen LogP contribution in [0.3, 0.4) is 0 Å². The van der Waals surface area contributed by atoms with E-state index in [-0.39, 0.29) is 0 Å². The van der Waals surface area contributed by atoms with Crippen molar-refractivity contribution >= 4 is 9.73 Å². The monoisotopic (exact) mass is 195 g/mol. The lowest BCUT2D eigenvalue weighted by Crippen LogP contribution is -2.03. The quantitative estimate of drug-likeness (QED) is 0.737. The van der Waals surface area contributed by atoms with E-state index in [1.54, 1.807) is 30.3 Å². The molecule has 0 radical (unpaired) electrons. The number of hydrogen-bond donors (Lipinski definition) is 1. The minimum atomic E-state index is -2.59. The van der Waals surface area contributed by atoms with Crippen LogP contribution >= 0.6 is 0 Å². The molecule has 0 aliphatic carbocycles. The van der Waals surface area contributed by atoms with E-state index >= 15 is 0 Å². The maximum atomic E-state index is 11.8. The van der Waals surface area contributed by atoms with Crippen molar-refractivity contribution in [1.29, 1.82) is 4.78 Å². The van der Waals surface area contributed by atoms with Crippen molar-refractivity contribution in [3.63, 3.8) is 0 Å². The minimum absolute atomic E-state index is 0.362. The van der Waals surface area contributed by atoms with E-state index < -0.39 is 9.73 Å². The molecule has 0 aliphatic rings. The van der Waals surface area contributed by atoms with Crippen molar-refractivity contribution in [3.8, 4) is 0 Å². The summed E-state index contributed by atoms with van der Waals surface area (Å²) in [6, 6.07) is 8.93. The van der Waals surface area contributed by atoms with Gasteiger partial charge in [-0.2, -0.15) is 0 Å². The highest BCUT2D eigenvalue weighted by Crippen LogP contribution is 2.11. The van der Waals surface area contributed by atoms with Gasteiger partial charge in [0.15, 0.2) is 0 Å². The zero-order chi connectivity index (χ0) is 9.73. The smallest absolute Gasteiger partial charge is 0.0729 e. The molecule has 1 unspecified atom stereocenters. The molecular formula is C10H13NOS. The Labute approximate surface area is 79.3 Å². The van der Waals surface area contributed by atoms with E-state index in [0.717, 1.165) is 0 Å². The second-order valence-corrected chi connectivity index (χ2v) is 5.00. The molecule has 0 spiro atoms. The molecule has 2 nitrogen and oxygen atoms in total. The molecule has 0 aromatic heterocycles. The summed E-state index contributed by atoms with van der Waals surface area (Å²) < 4.78 is 19.4. The van der Waals surface area contributed by atoms with Crippen molar-refractivity contribution in [2.24, 2.45) is 0 Å². The molecule has 1 aromatic carbocycles. The normalized spacial score (nSPS) is 14.8. The summed E-state index contributed by atoms with van der Waals surface area (Å²) in [5.41, 5.74) is 0. The van der Waals surface area contributed by atoms with Gasteiger partial charge in [0.05, 0.1) is 9.73 Å². The predicted molar refractivity (Wildman–Crippen MR) is 55.3 cm³/mol. The second-order valence-electron chi connectivity index (χ2n) is 2.77. The molecule has 1 N–H and O–H groups in total. The lowest BCUT2D eigenvalue weighted by Gasteiger charge is -2.04. The van der Waals surface area contributed by atoms with Crippen molar-refractivity contribution in [2.45, 2.75) is 11.3 Å². The van der Waals surface area contributed by atoms with Crippen molar-refractivity contribution in [2.75, 3.05) is 5.75 Å². The average molecular weight is 195 g/mol. The lowest BCUT2D eigenvalue weighted by molar-refractivity contribution is 0.674. The highest BCUT2D eigenvalue weighted by atomic mass is 32.2. The molecule has 0 bridgehead atoms. The van der Waals surface area contributed by atoms with Gasteiger partial charge in [-0.25, -0.2) is 8.99 Å². The molecule has 0 saturated carbocycles. The number of nitrogens with one attached hydrogen (secondary N) is 1. The third kappa shape index (κ3) is 2.70. The minimum Gasteiger partial charge on any atom is -0.249 e. The Balaban J connectivity index is 2.88. The Kier molecular flexibility index (Phi) is 3.25. The van der Waals surface area contributed by atoms with Gasteiger partial charge in [-0.15, -0.1) is 6.58 Å². The first-order valence-corrected chi connectivity index (χ1v) is 5.82. The van der Waals surface area contributed by atoms with Crippen molar-refractivity contribution < 1.29 is 4.21 Å². The molecule has 1 atom stereocenters. The fraction of sp³-hybridized carbons (Fsp3) is 0.200. The third-order valence-electron chi connectivity index (χ3n) is 1.73. The Hall–Kier alpha value is -1.09. The zero-order valence-corrected chi connectivity index (χ0v) is 8.22. The topological polar surface area (TPSA) is 40.9 Å². The largest absolute Gasteiger partial charge is 0.249 e. The second kappa shape index (κ2) is 4.23. The lowest BCUT2D eigenvalue weighted by atomic mass is 10.4. The number of benzene rings is 1. The number of allylic oxidation sites excluding steroid dienone is 1. The summed E-state index contributed by atoms with van der Waals surface area (Å²) in [6.45, 7) is 3.55. The standard InChI is InChI=1S/C10H13NOS/c1-2-3-9-13(11,12)10-7-5-4-6-8-10/h2,4-8,11H,1,3,9H2. The fourth-order valence-electron chi connectivity index (χ4n) is 1.01. The Morgan fingerprint density at radius 2 is 2.00 bits per heavy atom. The van der Waals surface area contributed by atoms with Crippen LogP contribution < -0.4 is 0 Å². The van der Waals surface area contributed by atoms with Gasteiger partial charge in [0, 0.05) is 10.6 Å². The maximum absolute atomic E-state index is 11.8. The van der Waals surface area contributed by atoms with Gasteiger partial charge >= 0.3 is 0 Å². The molecule has 0 fully saturated rings. The summed E-state index contributed by atoms with van der Waals surface area (Å²) in [6.07, 6.45) is 2.31. The number of hydrogen-bond acceptors (Lipinski definition) is 2. The SMILES string of the molecule is C=CCCS(=N)(=O)c1ccccc1. The zero-order valence-electron chi connectivity index (χ0n) is 7.40. The Morgan fingerprint density at radius 1 is 1.38 bits per heavy atom. The van der Waals surface area contributed by atoms with E-state index in [4.69, 9.17) is 4.78 Å². The molecule has 3 heteroatoms. The van der Waals surface area contributed by atoms with E-state index in [2.05, 4.69) is 6.58 Å². The van der Waals surface area contributed by atoms with Gasteiger partial charge in [0.1, 0.15) is 0 Å². The first-order chi connectivity index (χ1) is 6.17. The summed E-state index contributed by atoms with van der Waals surface area (Å²) in [4.78, 5) is 0.608. The van der Waals surface area contributed by atoms with Gasteiger partial charge in [-0.05, 0) is 18.6 Å². The van der Waals surface area contributed by atoms with E-state index in [1.807, 2.05) is 6.07 Å². The van der Waals surface area contributed by atoms with E-state index in [1.165, 1.54) is 0 Å². The van der Waals surface area contributed by atoms with Crippen molar-refractivity contribution in [3.05, 3.63) is 43.0 Å². The first-order valence-electron chi connectivity index (χ1n) is 4.09. The van der Waals surface area contributed by atoms with Crippen LogP contribution in [0.25, 0.3) is 0 Å². The van der Waals surface area contributed by atoms with E-state index in [9.17, 15) is 4.21 Å². The summed E-state index contributed by atoms with van der Waals surface area (Å²) in [5.74, 6) is 0.362. The molecule has 0 aliphatic heterocycles. The Morgan fingerprint density at radius 3 is 2.54 bits per heavy atom. The van der Waals surface area contributed by atoms with Crippen LogP contribution in [0.15, 0.2) is 47.9 Å². The van der Waals surface area contributed by atoms with Gasteiger partial charge < -0.3 is 0 Å². The fourth-order valence-corrected chi connectivity index (χ4v) is 2.34. The highest BCUT2D eigenvalue weighted by Gasteiger charge is 2.07. The molecule has 1 rings (SSSR count). The van der Waals surface area contributed by atoms with Crippen LogP contribution in [0.1, 0.15) is 6.42 Å².